The van der Waals surface area contributed by atoms with Crippen LogP contribution in [0.15, 0.2) is 47.4 Å². The monoisotopic (exact) mass is 272 g/mol. The summed E-state index contributed by atoms with van der Waals surface area (Å²) in [4.78, 5) is 1.09. The Kier molecular flexibility index (Phi) is 3.36. The third-order valence-corrected chi connectivity index (χ3v) is 4.87. The first-order valence-corrected chi connectivity index (χ1v) is 7.65. The molecule has 2 aromatic carbocycles. The van der Waals surface area contributed by atoms with Crippen LogP contribution < -0.4 is 0 Å². The SMILES string of the molecule is CC(C)C1c2ccccc2CSc2cc(F)ccc21. The van der Waals surface area contributed by atoms with E-state index < -0.39 is 0 Å². The van der Waals surface area contributed by atoms with Crippen molar-refractivity contribution >= 4 is 11.8 Å². The van der Waals surface area contributed by atoms with Crippen LogP contribution in [-0.2, 0) is 5.75 Å². The van der Waals surface area contributed by atoms with Crippen molar-refractivity contribution in [1.82, 2.24) is 0 Å². The lowest BCUT2D eigenvalue weighted by atomic mass is 9.81. The minimum Gasteiger partial charge on any atom is -0.207 e. The largest absolute Gasteiger partial charge is 0.207 e. The summed E-state index contributed by atoms with van der Waals surface area (Å²) < 4.78 is 13.5. The molecular formula is C17H17FS. The Balaban J connectivity index is 2.21. The van der Waals surface area contributed by atoms with Crippen molar-refractivity contribution < 1.29 is 4.39 Å². The zero-order valence-electron chi connectivity index (χ0n) is 11.2. The number of rotatable bonds is 1. The van der Waals surface area contributed by atoms with E-state index in [0.717, 1.165) is 10.6 Å². The maximum Gasteiger partial charge on any atom is 0.124 e. The van der Waals surface area contributed by atoms with Gasteiger partial charge in [-0.1, -0.05) is 44.2 Å². The highest BCUT2D eigenvalue weighted by molar-refractivity contribution is 7.98. The van der Waals surface area contributed by atoms with Gasteiger partial charge in [-0.25, -0.2) is 4.39 Å². The zero-order valence-corrected chi connectivity index (χ0v) is 12.0. The second-order valence-electron chi connectivity index (χ2n) is 5.39. The standard InChI is InChI=1S/C17H17FS/c1-11(2)17-14-6-4-3-5-12(14)10-19-16-9-13(18)7-8-15(16)17/h3-9,11,17H,10H2,1-2H3. The number of halogens is 1. The molecule has 0 bridgehead atoms. The van der Waals surface area contributed by atoms with Gasteiger partial charge in [0.2, 0.25) is 0 Å². The van der Waals surface area contributed by atoms with E-state index in [1.807, 2.05) is 6.07 Å². The topological polar surface area (TPSA) is 0 Å². The molecule has 0 amide bonds. The third kappa shape index (κ3) is 2.30. The van der Waals surface area contributed by atoms with Gasteiger partial charge in [-0.2, -0.15) is 0 Å². The summed E-state index contributed by atoms with van der Waals surface area (Å²) in [5, 5.41) is 0. The molecule has 1 unspecified atom stereocenters. The average molecular weight is 272 g/mol. The molecule has 0 saturated heterocycles. The fourth-order valence-electron chi connectivity index (χ4n) is 2.90. The van der Waals surface area contributed by atoms with E-state index in [9.17, 15) is 4.39 Å². The lowest BCUT2D eigenvalue weighted by molar-refractivity contribution is 0.552. The van der Waals surface area contributed by atoms with E-state index in [0.29, 0.717) is 11.8 Å². The molecule has 1 atom stereocenters. The van der Waals surface area contributed by atoms with Gasteiger partial charge < -0.3 is 0 Å². The zero-order chi connectivity index (χ0) is 13.4. The van der Waals surface area contributed by atoms with Crippen molar-refractivity contribution in [3.63, 3.8) is 0 Å². The molecule has 3 rings (SSSR count). The molecule has 0 N–H and O–H groups in total. The van der Waals surface area contributed by atoms with Gasteiger partial charge in [0, 0.05) is 16.6 Å². The molecule has 2 aromatic rings. The maximum atomic E-state index is 13.5. The van der Waals surface area contributed by atoms with Crippen LogP contribution >= 0.6 is 11.8 Å². The minimum atomic E-state index is -0.139. The van der Waals surface area contributed by atoms with E-state index in [4.69, 9.17) is 0 Å². The Morgan fingerprint density at radius 2 is 1.89 bits per heavy atom. The van der Waals surface area contributed by atoms with Crippen LogP contribution in [0.5, 0.6) is 0 Å². The van der Waals surface area contributed by atoms with Crippen molar-refractivity contribution in [2.75, 3.05) is 0 Å². The van der Waals surface area contributed by atoms with Gasteiger partial charge in [-0.05, 0) is 34.7 Å². The van der Waals surface area contributed by atoms with E-state index in [-0.39, 0.29) is 5.82 Å². The van der Waals surface area contributed by atoms with E-state index in [1.54, 1.807) is 23.9 Å². The van der Waals surface area contributed by atoms with E-state index in [1.165, 1.54) is 16.7 Å². The van der Waals surface area contributed by atoms with Crippen LogP contribution in [0.25, 0.3) is 0 Å². The third-order valence-electron chi connectivity index (χ3n) is 3.75. The summed E-state index contributed by atoms with van der Waals surface area (Å²) in [5.41, 5.74) is 4.05. The van der Waals surface area contributed by atoms with Crippen molar-refractivity contribution in [3.05, 3.63) is 65.0 Å². The van der Waals surface area contributed by atoms with Gasteiger partial charge in [-0.3, -0.25) is 0 Å². The Labute approximate surface area is 118 Å². The van der Waals surface area contributed by atoms with Gasteiger partial charge in [0.15, 0.2) is 0 Å². The lowest BCUT2D eigenvalue weighted by Crippen LogP contribution is -2.10. The normalized spacial score (nSPS) is 17.8. The summed E-state index contributed by atoms with van der Waals surface area (Å²) in [5.74, 6) is 1.65. The Morgan fingerprint density at radius 3 is 2.68 bits per heavy atom. The number of hydrogen-bond acceptors (Lipinski definition) is 1. The smallest absolute Gasteiger partial charge is 0.124 e. The molecule has 0 aromatic heterocycles. The minimum absolute atomic E-state index is 0.139. The maximum absolute atomic E-state index is 13.5. The summed E-state index contributed by atoms with van der Waals surface area (Å²) in [7, 11) is 0. The van der Waals surface area contributed by atoms with Crippen molar-refractivity contribution in [1.29, 1.82) is 0 Å². The molecule has 98 valence electrons. The summed E-state index contributed by atoms with van der Waals surface area (Å²) in [6.45, 7) is 4.48. The first-order valence-electron chi connectivity index (χ1n) is 6.67. The van der Waals surface area contributed by atoms with Gasteiger partial charge in [0.25, 0.3) is 0 Å². The molecular weight excluding hydrogens is 255 g/mol. The van der Waals surface area contributed by atoms with Gasteiger partial charge in [0.05, 0.1) is 0 Å². The van der Waals surface area contributed by atoms with Crippen LogP contribution in [0.1, 0.15) is 36.5 Å². The van der Waals surface area contributed by atoms with Crippen LogP contribution in [0, 0.1) is 11.7 Å². The Morgan fingerprint density at radius 1 is 1.11 bits per heavy atom. The van der Waals surface area contributed by atoms with E-state index in [2.05, 4.69) is 38.1 Å². The molecule has 0 fully saturated rings. The summed E-state index contributed by atoms with van der Waals surface area (Å²) in [6.07, 6.45) is 0. The van der Waals surface area contributed by atoms with Crippen molar-refractivity contribution in [2.45, 2.75) is 30.4 Å². The molecule has 0 spiro atoms. The molecule has 1 aliphatic rings. The molecule has 0 nitrogen and oxygen atoms in total. The molecule has 0 aliphatic carbocycles. The quantitative estimate of drug-likeness (QED) is 0.686. The Bertz CT molecular complexity index is 604. The lowest BCUT2D eigenvalue weighted by Gasteiger charge is -2.23. The molecule has 1 heterocycles. The Hall–Kier alpha value is -1.28. The number of hydrogen-bond donors (Lipinski definition) is 0. The molecule has 1 aliphatic heterocycles. The highest BCUT2D eigenvalue weighted by Gasteiger charge is 2.26. The van der Waals surface area contributed by atoms with E-state index >= 15 is 0 Å². The van der Waals surface area contributed by atoms with Crippen LogP contribution in [0.4, 0.5) is 4.39 Å². The number of fused-ring (bicyclic) bond motifs is 2. The number of thioether (sulfide) groups is 1. The molecule has 19 heavy (non-hydrogen) atoms. The first-order chi connectivity index (χ1) is 9.16. The van der Waals surface area contributed by atoms with Crippen LogP contribution in [-0.4, -0.2) is 0 Å². The summed E-state index contributed by atoms with van der Waals surface area (Å²) in [6, 6.07) is 13.8. The second-order valence-corrected chi connectivity index (χ2v) is 6.41. The molecule has 2 heteroatoms. The molecule has 0 saturated carbocycles. The van der Waals surface area contributed by atoms with Gasteiger partial charge >= 0.3 is 0 Å². The fourth-order valence-corrected chi connectivity index (χ4v) is 4.03. The van der Waals surface area contributed by atoms with Crippen LogP contribution in [0.3, 0.4) is 0 Å². The predicted octanol–water partition coefficient (Wildman–Crippen LogP) is 5.22. The fraction of sp³-hybridized carbons (Fsp3) is 0.294. The molecule has 0 radical (unpaired) electrons. The highest BCUT2D eigenvalue weighted by Crippen LogP contribution is 2.43. The van der Waals surface area contributed by atoms with Gasteiger partial charge in [-0.15, -0.1) is 11.8 Å². The number of benzene rings is 2. The predicted molar refractivity (Wildman–Crippen MR) is 79.1 cm³/mol. The highest BCUT2D eigenvalue weighted by atomic mass is 32.2. The first kappa shape index (κ1) is 12.7. The van der Waals surface area contributed by atoms with Gasteiger partial charge in [0.1, 0.15) is 5.82 Å². The summed E-state index contributed by atoms with van der Waals surface area (Å²) >= 11 is 1.75. The average Bonchev–Trinajstić information content (AvgIpc) is 2.55. The van der Waals surface area contributed by atoms with Crippen molar-refractivity contribution in [3.8, 4) is 0 Å². The van der Waals surface area contributed by atoms with Crippen molar-refractivity contribution in [2.24, 2.45) is 5.92 Å². The second kappa shape index (κ2) is 5.01. The van der Waals surface area contributed by atoms with Crippen LogP contribution in [0.2, 0.25) is 0 Å².